The molecule has 2 aromatic rings. The molecule has 1 atom stereocenters. The number of nitrogens with one attached hydrogen (secondary N) is 1. The van der Waals surface area contributed by atoms with Crippen molar-refractivity contribution in [3.05, 3.63) is 40.6 Å². The van der Waals surface area contributed by atoms with E-state index < -0.39 is 0 Å². The first kappa shape index (κ1) is 12.3. The molecule has 1 N–H and O–H groups in total. The second-order valence-corrected chi connectivity index (χ2v) is 4.24. The van der Waals surface area contributed by atoms with Gasteiger partial charge in [-0.25, -0.2) is 0 Å². The zero-order valence-corrected chi connectivity index (χ0v) is 10.4. The van der Waals surface area contributed by atoms with Crippen molar-refractivity contribution in [2.75, 3.05) is 5.32 Å². The Balaban J connectivity index is 2.59. The summed E-state index contributed by atoms with van der Waals surface area (Å²) >= 11 is 0. The Morgan fingerprint density at radius 2 is 2.22 bits per heavy atom. The quantitative estimate of drug-likeness (QED) is 0.662. The molecule has 1 aromatic carbocycles. The number of aromatic nitrogens is 1. The summed E-state index contributed by atoms with van der Waals surface area (Å²) in [6, 6.07) is 7.15. The Morgan fingerprint density at radius 3 is 2.89 bits per heavy atom. The van der Waals surface area contributed by atoms with Gasteiger partial charge in [-0.3, -0.25) is 15.1 Å². The van der Waals surface area contributed by atoms with Gasteiger partial charge in [0.15, 0.2) is 0 Å². The summed E-state index contributed by atoms with van der Waals surface area (Å²) in [5, 5.41) is 15.0. The number of hydrogen-bond acceptors (Lipinski definition) is 4. The van der Waals surface area contributed by atoms with E-state index in [4.69, 9.17) is 0 Å². The highest BCUT2D eigenvalue weighted by Crippen LogP contribution is 2.32. The summed E-state index contributed by atoms with van der Waals surface area (Å²) in [5.74, 6) is 0. The second-order valence-electron chi connectivity index (χ2n) is 4.24. The van der Waals surface area contributed by atoms with Gasteiger partial charge in [-0.05, 0) is 37.6 Å². The number of pyridine rings is 1. The van der Waals surface area contributed by atoms with Gasteiger partial charge >= 0.3 is 5.69 Å². The van der Waals surface area contributed by atoms with Crippen molar-refractivity contribution in [3.8, 4) is 0 Å². The Bertz CT molecular complexity index is 583. The van der Waals surface area contributed by atoms with Gasteiger partial charge in [0, 0.05) is 12.2 Å². The first-order chi connectivity index (χ1) is 8.63. The fraction of sp³-hybridized carbons (Fsp3) is 0.308. The van der Waals surface area contributed by atoms with Crippen LogP contribution in [-0.4, -0.2) is 15.9 Å². The van der Waals surface area contributed by atoms with Crippen molar-refractivity contribution >= 4 is 22.3 Å². The number of rotatable bonds is 4. The summed E-state index contributed by atoms with van der Waals surface area (Å²) in [7, 11) is 0. The second kappa shape index (κ2) is 5.00. The monoisotopic (exact) mass is 245 g/mol. The summed E-state index contributed by atoms with van der Waals surface area (Å²) in [5.41, 5.74) is 1.29. The highest BCUT2D eigenvalue weighted by Gasteiger charge is 2.19. The van der Waals surface area contributed by atoms with Crippen LogP contribution < -0.4 is 5.32 Å². The summed E-state index contributed by atoms with van der Waals surface area (Å²) in [6.07, 6.45) is 2.54. The molecule has 2 rings (SSSR count). The summed E-state index contributed by atoms with van der Waals surface area (Å²) in [4.78, 5) is 15.0. The van der Waals surface area contributed by atoms with Gasteiger partial charge in [-0.1, -0.05) is 6.92 Å². The Labute approximate surface area is 105 Å². The lowest BCUT2D eigenvalue weighted by molar-refractivity contribution is -0.382. The van der Waals surface area contributed by atoms with Gasteiger partial charge in [0.1, 0.15) is 5.69 Å². The van der Waals surface area contributed by atoms with E-state index in [1.165, 1.54) is 0 Å². The van der Waals surface area contributed by atoms with Crippen molar-refractivity contribution in [2.45, 2.75) is 26.3 Å². The minimum atomic E-state index is -0.352. The normalized spacial score (nSPS) is 12.3. The van der Waals surface area contributed by atoms with Crippen LogP contribution in [0.3, 0.4) is 0 Å². The maximum atomic E-state index is 11.2. The molecule has 1 aromatic heterocycles. The van der Waals surface area contributed by atoms with E-state index in [1.54, 1.807) is 30.5 Å². The smallest absolute Gasteiger partial charge is 0.301 e. The molecule has 5 nitrogen and oxygen atoms in total. The molecule has 1 unspecified atom stereocenters. The molecule has 0 radical (unpaired) electrons. The highest BCUT2D eigenvalue weighted by atomic mass is 16.6. The maximum absolute atomic E-state index is 11.2. The van der Waals surface area contributed by atoms with Crippen molar-refractivity contribution in [1.82, 2.24) is 4.98 Å². The number of nitro groups is 1. The van der Waals surface area contributed by atoms with Gasteiger partial charge < -0.3 is 5.32 Å². The van der Waals surface area contributed by atoms with Crippen molar-refractivity contribution in [3.63, 3.8) is 0 Å². The van der Waals surface area contributed by atoms with Gasteiger partial charge in [0.25, 0.3) is 0 Å². The third kappa shape index (κ3) is 2.25. The lowest BCUT2D eigenvalue weighted by Crippen LogP contribution is -2.14. The molecule has 0 amide bonds. The van der Waals surface area contributed by atoms with E-state index in [9.17, 15) is 10.1 Å². The topological polar surface area (TPSA) is 68.1 Å². The van der Waals surface area contributed by atoms with E-state index in [1.807, 2.05) is 13.8 Å². The van der Waals surface area contributed by atoms with Crippen LogP contribution in [0.4, 0.5) is 11.4 Å². The Hall–Kier alpha value is -2.17. The molecular weight excluding hydrogens is 230 g/mol. The molecule has 18 heavy (non-hydrogen) atoms. The molecular formula is C13H15N3O2. The van der Waals surface area contributed by atoms with E-state index in [0.29, 0.717) is 16.6 Å². The average molecular weight is 245 g/mol. The maximum Gasteiger partial charge on any atom is 0.301 e. The molecule has 0 fully saturated rings. The first-order valence-corrected chi connectivity index (χ1v) is 5.92. The molecule has 0 saturated heterocycles. The van der Waals surface area contributed by atoms with Crippen molar-refractivity contribution in [1.29, 1.82) is 0 Å². The summed E-state index contributed by atoms with van der Waals surface area (Å²) < 4.78 is 0. The Morgan fingerprint density at radius 1 is 1.44 bits per heavy atom. The van der Waals surface area contributed by atoms with E-state index >= 15 is 0 Å². The van der Waals surface area contributed by atoms with E-state index in [2.05, 4.69) is 10.3 Å². The van der Waals surface area contributed by atoms with Crippen LogP contribution in [0.5, 0.6) is 0 Å². The van der Waals surface area contributed by atoms with Gasteiger partial charge in [-0.15, -0.1) is 0 Å². The molecule has 0 aliphatic rings. The molecule has 0 spiro atoms. The fourth-order valence-electron chi connectivity index (χ4n) is 1.82. The average Bonchev–Trinajstić information content (AvgIpc) is 2.37. The molecule has 0 aliphatic carbocycles. The number of fused-ring (bicyclic) bond motifs is 1. The van der Waals surface area contributed by atoms with E-state index in [0.717, 1.165) is 6.42 Å². The minimum Gasteiger partial charge on any atom is -0.377 e. The lowest BCUT2D eigenvalue weighted by Gasteiger charge is -2.13. The SMILES string of the molecule is CCC(C)Nc1ccc2ncccc2c1[N+](=O)[O-]. The molecule has 0 bridgehead atoms. The number of nitrogens with zero attached hydrogens (tertiary/aromatic N) is 2. The number of hydrogen-bond donors (Lipinski definition) is 1. The minimum absolute atomic E-state index is 0.0981. The van der Waals surface area contributed by atoms with Crippen LogP contribution in [-0.2, 0) is 0 Å². The predicted molar refractivity (Wildman–Crippen MR) is 71.8 cm³/mol. The zero-order valence-electron chi connectivity index (χ0n) is 10.4. The van der Waals surface area contributed by atoms with Gasteiger partial charge in [0.2, 0.25) is 0 Å². The highest BCUT2D eigenvalue weighted by molar-refractivity contribution is 5.94. The van der Waals surface area contributed by atoms with E-state index in [-0.39, 0.29) is 16.7 Å². The number of nitro benzene ring substituents is 1. The number of benzene rings is 1. The van der Waals surface area contributed by atoms with Crippen LogP contribution in [0.15, 0.2) is 30.5 Å². The van der Waals surface area contributed by atoms with Crippen molar-refractivity contribution in [2.24, 2.45) is 0 Å². The molecule has 5 heteroatoms. The standard InChI is InChI=1S/C13H15N3O2/c1-3-9(2)15-12-7-6-11-10(5-4-8-14-11)13(12)16(17)18/h4-9,15H,3H2,1-2H3. The van der Waals surface area contributed by atoms with Gasteiger partial charge in [-0.2, -0.15) is 0 Å². The molecule has 0 saturated carbocycles. The van der Waals surface area contributed by atoms with Crippen LogP contribution in [0.1, 0.15) is 20.3 Å². The third-order valence-corrected chi connectivity index (χ3v) is 2.95. The predicted octanol–water partition coefficient (Wildman–Crippen LogP) is 3.35. The molecule has 94 valence electrons. The lowest BCUT2D eigenvalue weighted by atomic mass is 10.1. The summed E-state index contributed by atoms with van der Waals surface area (Å²) in [6.45, 7) is 4.03. The fourth-order valence-corrected chi connectivity index (χ4v) is 1.82. The van der Waals surface area contributed by atoms with Crippen LogP contribution in [0.25, 0.3) is 10.9 Å². The van der Waals surface area contributed by atoms with Gasteiger partial charge in [0.05, 0.1) is 15.8 Å². The first-order valence-electron chi connectivity index (χ1n) is 5.92. The van der Waals surface area contributed by atoms with Crippen LogP contribution >= 0.6 is 0 Å². The molecule has 0 aliphatic heterocycles. The zero-order chi connectivity index (χ0) is 13.1. The van der Waals surface area contributed by atoms with Crippen LogP contribution in [0.2, 0.25) is 0 Å². The third-order valence-electron chi connectivity index (χ3n) is 2.95. The van der Waals surface area contributed by atoms with Crippen molar-refractivity contribution < 1.29 is 4.92 Å². The Kier molecular flexibility index (Phi) is 3.41. The largest absolute Gasteiger partial charge is 0.377 e. The number of anilines is 1. The van der Waals surface area contributed by atoms with Crippen LogP contribution in [0, 0.1) is 10.1 Å². The molecule has 1 heterocycles.